The predicted octanol–water partition coefficient (Wildman–Crippen LogP) is 3.05. The van der Waals surface area contributed by atoms with E-state index in [4.69, 9.17) is 4.74 Å². The van der Waals surface area contributed by atoms with E-state index in [1.54, 1.807) is 0 Å². The standard InChI is InChI=1S/C13H18O2/c1-10(14)15-9-11-6-5-7-12(8-11)13(2,3)4/h5-8H,9H2,1-4H3. The highest BCUT2D eigenvalue weighted by molar-refractivity contribution is 5.65. The van der Waals surface area contributed by atoms with Crippen LogP contribution in [0.1, 0.15) is 38.8 Å². The Balaban J connectivity index is 2.79. The summed E-state index contributed by atoms with van der Waals surface area (Å²) in [5.74, 6) is -0.240. The van der Waals surface area contributed by atoms with Crippen LogP contribution in [0.3, 0.4) is 0 Å². The predicted molar refractivity (Wildman–Crippen MR) is 60.6 cm³/mol. The van der Waals surface area contributed by atoms with Gasteiger partial charge in [-0.05, 0) is 16.5 Å². The number of rotatable bonds is 2. The summed E-state index contributed by atoms with van der Waals surface area (Å²) in [7, 11) is 0. The normalized spacial score (nSPS) is 11.2. The Morgan fingerprint density at radius 2 is 2.00 bits per heavy atom. The first kappa shape index (κ1) is 11.8. The smallest absolute Gasteiger partial charge is 0.302 e. The molecule has 0 aliphatic rings. The zero-order chi connectivity index (χ0) is 11.5. The van der Waals surface area contributed by atoms with E-state index in [-0.39, 0.29) is 11.4 Å². The average Bonchev–Trinajstić information content (AvgIpc) is 2.14. The average molecular weight is 206 g/mol. The third-order valence-electron chi connectivity index (χ3n) is 2.24. The van der Waals surface area contributed by atoms with Gasteiger partial charge in [0.15, 0.2) is 0 Å². The molecule has 0 saturated carbocycles. The molecule has 1 aromatic rings. The fraction of sp³-hybridized carbons (Fsp3) is 0.462. The number of carbonyl (C=O) groups is 1. The van der Waals surface area contributed by atoms with Crippen LogP contribution in [0.5, 0.6) is 0 Å². The van der Waals surface area contributed by atoms with E-state index in [2.05, 4.69) is 32.9 Å². The molecule has 0 atom stereocenters. The largest absolute Gasteiger partial charge is 0.461 e. The van der Waals surface area contributed by atoms with Crippen LogP contribution in [-0.4, -0.2) is 5.97 Å². The lowest BCUT2D eigenvalue weighted by Gasteiger charge is -2.19. The van der Waals surface area contributed by atoms with Crippen molar-refractivity contribution in [3.63, 3.8) is 0 Å². The van der Waals surface area contributed by atoms with Gasteiger partial charge in [-0.25, -0.2) is 0 Å². The van der Waals surface area contributed by atoms with Gasteiger partial charge in [0, 0.05) is 6.92 Å². The molecule has 0 heterocycles. The monoisotopic (exact) mass is 206 g/mol. The molecule has 0 bridgehead atoms. The summed E-state index contributed by atoms with van der Waals surface area (Å²) in [5, 5.41) is 0. The number of hydrogen-bond acceptors (Lipinski definition) is 2. The first-order chi connectivity index (χ1) is 6.89. The van der Waals surface area contributed by atoms with Crippen LogP contribution in [0, 0.1) is 0 Å². The highest BCUT2D eigenvalue weighted by atomic mass is 16.5. The lowest BCUT2D eigenvalue weighted by molar-refractivity contribution is -0.142. The fourth-order valence-electron chi connectivity index (χ4n) is 1.31. The van der Waals surface area contributed by atoms with Gasteiger partial charge in [0.05, 0.1) is 0 Å². The molecule has 2 nitrogen and oxygen atoms in total. The van der Waals surface area contributed by atoms with Crippen LogP contribution >= 0.6 is 0 Å². The van der Waals surface area contributed by atoms with E-state index in [1.807, 2.05) is 12.1 Å². The van der Waals surface area contributed by atoms with Crippen molar-refractivity contribution in [1.82, 2.24) is 0 Å². The van der Waals surface area contributed by atoms with E-state index >= 15 is 0 Å². The van der Waals surface area contributed by atoms with Gasteiger partial charge >= 0.3 is 5.97 Å². The third-order valence-corrected chi connectivity index (χ3v) is 2.24. The lowest BCUT2D eigenvalue weighted by atomic mass is 9.86. The molecular weight excluding hydrogens is 188 g/mol. The van der Waals surface area contributed by atoms with Crippen LogP contribution < -0.4 is 0 Å². The Labute approximate surface area is 91.3 Å². The molecule has 15 heavy (non-hydrogen) atoms. The van der Waals surface area contributed by atoms with Gasteiger partial charge < -0.3 is 4.74 Å². The Hall–Kier alpha value is -1.31. The Morgan fingerprint density at radius 3 is 2.53 bits per heavy atom. The molecular formula is C13H18O2. The Morgan fingerprint density at radius 1 is 1.33 bits per heavy atom. The van der Waals surface area contributed by atoms with Crippen LogP contribution in [-0.2, 0) is 21.6 Å². The van der Waals surface area contributed by atoms with Gasteiger partial charge in [-0.2, -0.15) is 0 Å². The van der Waals surface area contributed by atoms with Crippen molar-refractivity contribution in [1.29, 1.82) is 0 Å². The van der Waals surface area contributed by atoms with Crippen molar-refractivity contribution in [2.24, 2.45) is 0 Å². The molecule has 0 N–H and O–H groups in total. The molecule has 0 unspecified atom stereocenters. The Kier molecular flexibility index (Phi) is 3.51. The maximum atomic E-state index is 10.7. The van der Waals surface area contributed by atoms with Gasteiger partial charge in [0.2, 0.25) is 0 Å². The summed E-state index contributed by atoms with van der Waals surface area (Å²) in [6.45, 7) is 8.28. The minimum absolute atomic E-state index is 0.131. The van der Waals surface area contributed by atoms with Crippen LogP contribution in [0.4, 0.5) is 0 Å². The summed E-state index contributed by atoms with van der Waals surface area (Å²) in [6.07, 6.45) is 0. The number of esters is 1. The van der Waals surface area contributed by atoms with Crippen molar-refractivity contribution < 1.29 is 9.53 Å². The first-order valence-corrected chi connectivity index (χ1v) is 5.12. The van der Waals surface area contributed by atoms with Gasteiger partial charge in [-0.1, -0.05) is 45.0 Å². The second kappa shape index (κ2) is 4.47. The van der Waals surface area contributed by atoms with Gasteiger partial charge in [-0.3, -0.25) is 4.79 Å². The molecule has 82 valence electrons. The second-order valence-electron chi connectivity index (χ2n) is 4.73. The van der Waals surface area contributed by atoms with Crippen molar-refractivity contribution in [3.05, 3.63) is 35.4 Å². The number of benzene rings is 1. The van der Waals surface area contributed by atoms with Gasteiger partial charge in [0.1, 0.15) is 6.61 Å². The quantitative estimate of drug-likeness (QED) is 0.695. The number of hydrogen-bond donors (Lipinski definition) is 0. The number of carbonyl (C=O) groups excluding carboxylic acids is 1. The molecule has 1 aromatic carbocycles. The summed E-state index contributed by atoms with van der Waals surface area (Å²) >= 11 is 0. The first-order valence-electron chi connectivity index (χ1n) is 5.12. The highest BCUT2D eigenvalue weighted by Crippen LogP contribution is 2.22. The molecule has 0 aliphatic carbocycles. The van der Waals surface area contributed by atoms with Crippen molar-refractivity contribution >= 4 is 5.97 Å². The molecule has 0 amide bonds. The minimum Gasteiger partial charge on any atom is -0.461 e. The molecule has 0 saturated heterocycles. The maximum Gasteiger partial charge on any atom is 0.302 e. The van der Waals surface area contributed by atoms with E-state index in [9.17, 15) is 4.79 Å². The minimum atomic E-state index is -0.240. The lowest BCUT2D eigenvalue weighted by Crippen LogP contribution is -2.11. The zero-order valence-corrected chi connectivity index (χ0v) is 9.83. The summed E-state index contributed by atoms with van der Waals surface area (Å²) in [6, 6.07) is 8.15. The van der Waals surface area contributed by atoms with E-state index in [1.165, 1.54) is 12.5 Å². The topological polar surface area (TPSA) is 26.3 Å². The van der Waals surface area contributed by atoms with Crippen LogP contribution in [0.25, 0.3) is 0 Å². The van der Waals surface area contributed by atoms with E-state index in [0.717, 1.165) is 5.56 Å². The van der Waals surface area contributed by atoms with Crippen LogP contribution in [0.2, 0.25) is 0 Å². The molecule has 0 radical (unpaired) electrons. The maximum absolute atomic E-state index is 10.7. The van der Waals surface area contributed by atoms with Crippen molar-refractivity contribution in [2.45, 2.75) is 39.7 Å². The molecule has 2 heteroatoms. The highest BCUT2D eigenvalue weighted by Gasteiger charge is 2.13. The van der Waals surface area contributed by atoms with Gasteiger partial charge in [-0.15, -0.1) is 0 Å². The van der Waals surface area contributed by atoms with Gasteiger partial charge in [0.25, 0.3) is 0 Å². The SMILES string of the molecule is CC(=O)OCc1cccc(C(C)(C)C)c1. The molecule has 0 aliphatic heterocycles. The zero-order valence-electron chi connectivity index (χ0n) is 9.83. The number of ether oxygens (including phenoxy) is 1. The molecule has 0 spiro atoms. The summed E-state index contributed by atoms with van der Waals surface area (Å²) in [4.78, 5) is 10.7. The Bertz CT molecular complexity index is 348. The third kappa shape index (κ3) is 3.74. The summed E-state index contributed by atoms with van der Waals surface area (Å²) < 4.78 is 4.96. The van der Waals surface area contributed by atoms with Crippen LogP contribution in [0.15, 0.2) is 24.3 Å². The van der Waals surface area contributed by atoms with Crippen molar-refractivity contribution in [2.75, 3.05) is 0 Å². The van der Waals surface area contributed by atoms with E-state index < -0.39 is 0 Å². The summed E-state index contributed by atoms with van der Waals surface area (Å²) in [5.41, 5.74) is 2.43. The second-order valence-corrected chi connectivity index (χ2v) is 4.73. The van der Waals surface area contributed by atoms with Crippen molar-refractivity contribution in [3.8, 4) is 0 Å². The van der Waals surface area contributed by atoms with E-state index in [0.29, 0.717) is 6.61 Å². The molecule has 0 aromatic heterocycles. The fourth-order valence-corrected chi connectivity index (χ4v) is 1.31. The molecule has 1 rings (SSSR count). The molecule has 0 fully saturated rings.